The zero-order chi connectivity index (χ0) is 67.5. The van der Waals surface area contributed by atoms with E-state index in [2.05, 4.69) is 55.4 Å². The van der Waals surface area contributed by atoms with Crippen LogP contribution in [0.3, 0.4) is 0 Å². The molecule has 12 heteroatoms. The molecule has 0 radical (unpaired) electrons. The molecule has 0 aliphatic carbocycles. The van der Waals surface area contributed by atoms with Crippen molar-refractivity contribution in [1.29, 1.82) is 0 Å². The molecule has 89 heavy (non-hydrogen) atoms. The highest BCUT2D eigenvalue weighted by Gasteiger charge is 2.26. The fourth-order valence-corrected chi connectivity index (χ4v) is 12.4. The molecule has 0 heterocycles. The summed E-state index contributed by atoms with van der Waals surface area (Å²) >= 11 is 18.9. The largest absolute Gasteiger partial charge is 0.502 e. The molecule has 0 aliphatic rings. The van der Waals surface area contributed by atoms with Gasteiger partial charge in [0.2, 0.25) is 0 Å². The van der Waals surface area contributed by atoms with Crippen molar-refractivity contribution in [3.8, 4) is 0 Å². The van der Waals surface area contributed by atoms with Crippen molar-refractivity contribution in [2.75, 3.05) is 26.4 Å². The summed E-state index contributed by atoms with van der Waals surface area (Å²) in [6.07, 6.45) is 74.9. The fraction of sp³-hybridized carbons (Fsp3) is 0.948. The Morgan fingerprint density at radius 2 is 0.337 bits per heavy atom. The van der Waals surface area contributed by atoms with Gasteiger partial charge in [-0.2, -0.15) is 0 Å². The lowest BCUT2D eigenvalue weighted by molar-refractivity contribution is -0.0328. The van der Waals surface area contributed by atoms with Gasteiger partial charge in [0.1, 0.15) is 0 Å². The number of hydrogen-bond donors (Lipinski definition) is 8. The van der Waals surface area contributed by atoms with Crippen molar-refractivity contribution < 1.29 is 40.9 Å². The van der Waals surface area contributed by atoms with Crippen LogP contribution in [-0.2, 0) is 0 Å². The number of aliphatic hydroxyl groups excluding tert-OH is 8. The molecule has 0 fully saturated rings. The van der Waals surface area contributed by atoms with Gasteiger partial charge in [-0.1, -0.05) is 389 Å². The maximum Gasteiger partial charge on any atom is 0.156 e. The van der Waals surface area contributed by atoms with Crippen molar-refractivity contribution in [2.24, 2.45) is 29.1 Å². The molecule has 0 rings (SSSR count). The molecule has 0 saturated heterocycles. The van der Waals surface area contributed by atoms with Crippen LogP contribution in [0, 0.1) is 29.1 Å². The van der Waals surface area contributed by atoms with E-state index < -0.39 is 31.8 Å². The number of aliphatic hydroxyl groups is 8. The van der Waals surface area contributed by atoms with Crippen LogP contribution in [0.15, 0.2) is 0 Å². The van der Waals surface area contributed by atoms with E-state index in [-0.39, 0.29) is 20.2 Å². The Labute approximate surface area is 576 Å². The minimum absolute atomic E-state index is 0.177. The van der Waals surface area contributed by atoms with Crippen molar-refractivity contribution in [3.05, 3.63) is 0 Å². The van der Waals surface area contributed by atoms with E-state index in [9.17, 15) is 0 Å². The van der Waals surface area contributed by atoms with E-state index in [1.165, 1.54) is 334 Å². The summed E-state index contributed by atoms with van der Waals surface area (Å²) < 4.78 is 0. The van der Waals surface area contributed by atoms with E-state index in [0.717, 1.165) is 0 Å². The van der Waals surface area contributed by atoms with Crippen LogP contribution in [0.1, 0.15) is 415 Å². The van der Waals surface area contributed by atoms with E-state index >= 15 is 0 Å². The predicted molar refractivity (Wildman–Crippen MR) is 410 cm³/mol. The molecule has 0 amide bonds. The van der Waals surface area contributed by atoms with E-state index in [1.54, 1.807) is 0 Å². The second-order valence-electron chi connectivity index (χ2n) is 27.7. The van der Waals surface area contributed by atoms with E-state index in [0.29, 0.717) is 49.4 Å². The van der Waals surface area contributed by atoms with Gasteiger partial charge in [-0.05, 0) is 72.5 Å². The second-order valence-corrected chi connectivity index (χ2v) is 29.5. The highest BCUT2D eigenvalue weighted by atomic mass is 32.1. The monoisotopic (exact) mass is 1340 g/mol. The SMILES string of the molecule is CCCCCCCCCCCCCCC(C)CC(O)=S.CCCCCCCCCCCCCCC(C)CC(O)=S.CCCCCCCCCCCCCCC(C)CC(O)=S.CCCCCCCCCCCCCCC(C)CC(O)=S.OCC(CO)(CO)CO. The predicted octanol–water partition coefficient (Wildman–Crippen LogP) is 25.9. The van der Waals surface area contributed by atoms with Crippen LogP contribution in [0.4, 0.5) is 0 Å². The Kier molecular flexibility index (Phi) is 89.0. The normalized spacial score (nSPS) is 12.4. The summed E-state index contributed by atoms with van der Waals surface area (Å²) in [6.45, 7) is 16.2. The van der Waals surface area contributed by atoms with Crippen LogP contribution in [0.25, 0.3) is 0 Å². The molecule has 0 spiro atoms. The summed E-state index contributed by atoms with van der Waals surface area (Å²) in [5, 5.41) is 70.9. The molecule has 4 atom stereocenters. The number of hydrogen-bond acceptors (Lipinski definition) is 8. The zero-order valence-corrected chi connectivity index (χ0v) is 63.7. The van der Waals surface area contributed by atoms with Gasteiger partial charge in [-0.25, -0.2) is 0 Å². The van der Waals surface area contributed by atoms with Gasteiger partial charge < -0.3 is 40.9 Å². The van der Waals surface area contributed by atoms with Crippen LogP contribution in [-0.4, -0.2) is 87.5 Å². The Morgan fingerprint density at radius 1 is 0.225 bits per heavy atom. The molecule has 0 bridgehead atoms. The first-order valence-corrected chi connectivity index (χ1v) is 39.8. The highest BCUT2D eigenvalue weighted by molar-refractivity contribution is 7.80. The molecular weight excluding hydrogens is 1180 g/mol. The summed E-state index contributed by atoms with van der Waals surface area (Å²) in [6, 6.07) is 0. The molecule has 8 nitrogen and oxygen atoms in total. The van der Waals surface area contributed by atoms with Crippen LogP contribution in [0.5, 0.6) is 0 Å². The first kappa shape index (κ1) is 97.1. The first-order chi connectivity index (χ1) is 42.9. The van der Waals surface area contributed by atoms with Crippen molar-refractivity contribution >= 4 is 69.1 Å². The maximum atomic E-state index is 9.05. The van der Waals surface area contributed by atoms with E-state index in [4.69, 9.17) is 89.7 Å². The second kappa shape index (κ2) is 81.6. The molecule has 0 aromatic carbocycles. The van der Waals surface area contributed by atoms with Crippen molar-refractivity contribution in [1.82, 2.24) is 0 Å². The molecule has 0 aromatic rings. The van der Waals surface area contributed by atoms with Crippen LogP contribution < -0.4 is 0 Å². The maximum absolute atomic E-state index is 9.05. The van der Waals surface area contributed by atoms with Crippen LogP contribution >= 0.6 is 48.9 Å². The fourth-order valence-electron chi connectivity index (χ4n) is 11.2. The Morgan fingerprint density at radius 3 is 0.427 bits per heavy atom. The molecule has 536 valence electrons. The lowest BCUT2D eigenvalue weighted by Crippen LogP contribution is -2.37. The van der Waals surface area contributed by atoms with Gasteiger partial charge in [0.15, 0.2) is 20.2 Å². The average molecular weight is 1340 g/mol. The minimum Gasteiger partial charge on any atom is -0.502 e. The average Bonchev–Trinajstić information content (AvgIpc) is 3.56. The van der Waals surface area contributed by atoms with Gasteiger partial charge in [0, 0.05) is 25.7 Å². The van der Waals surface area contributed by atoms with E-state index in [1.807, 2.05) is 0 Å². The van der Waals surface area contributed by atoms with Gasteiger partial charge in [-0.3, -0.25) is 0 Å². The summed E-state index contributed by atoms with van der Waals surface area (Å²) in [5.74, 6) is 2.21. The third-order valence-electron chi connectivity index (χ3n) is 17.6. The Balaban J connectivity index is -0.000000336. The van der Waals surface area contributed by atoms with Crippen molar-refractivity contribution in [3.63, 3.8) is 0 Å². The molecule has 8 N–H and O–H groups in total. The molecule has 0 aromatic heterocycles. The molecule has 0 saturated carbocycles. The number of unbranched alkanes of at least 4 members (excludes halogenated alkanes) is 44. The van der Waals surface area contributed by atoms with Gasteiger partial charge in [0.05, 0.1) is 31.8 Å². The molecular formula is C77H156O8S4. The highest BCUT2D eigenvalue weighted by Crippen LogP contribution is 2.21. The standard InChI is InChI=1S/4C18H36OS.C5H12O4/c4*1-3-4-5-6-7-8-9-10-11-12-13-14-15-17(2)16-18(19)20;6-1-5(2-7,3-8)4-9/h4*17H,3-16H2,1-2H3,(H,19,20);6-9H,1-4H2. The topological polar surface area (TPSA) is 162 Å². The van der Waals surface area contributed by atoms with Crippen LogP contribution in [0.2, 0.25) is 0 Å². The smallest absolute Gasteiger partial charge is 0.156 e. The summed E-state index contributed by atoms with van der Waals surface area (Å²) in [5.41, 5.74) is -1.11. The third-order valence-corrected chi connectivity index (χ3v) is 18.3. The first-order valence-electron chi connectivity index (χ1n) is 38.2. The number of thiocarbonyl (C=S) groups is 4. The number of rotatable bonds is 64. The lowest BCUT2D eigenvalue weighted by Gasteiger charge is -2.23. The van der Waals surface area contributed by atoms with Gasteiger partial charge in [0.25, 0.3) is 0 Å². The molecule has 0 aliphatic heterocycles. The minimum atomic E-state index is -1.11. The van der Waals surface area contributed by atoms with Crippen molar-refractivity contribution in [2.45, 2.75) is 415 Å². The quantitative estimate of drug-likeness (QED) is 0.0215. The lowest BCUT2D eigenvalue weighted by atomic mass is 9.93. The summed E-state index contributed by atoms with van der Waals surface area (Å²) in [7, 11) is 0. The third kappa shape index (κ3) is 91.6. The Hall–Kier alpha value is -0.600. The Bertz CT molecular complexity index is 1200. The molecule has 4 unspecified atom stereocenters. The van der Waals surface area contributed by atoms with Gasteiger partial charge in [-0.15, -0.1) is 0 Å². The zero-order valence-electron chi connectivity index (χ0n) is 60.4. The summed E-state index contributed by atoms with van der Waals surface area (Å²) in [4.78, 5) is 0. The van der Waals surface area contributed by atoms with Gasteiger partial charge >= 0.3 is 0 Å².